The highest BCUT2D eigenvalue weighted by molar-refractivity contribution is 5.77. The maximum absolute atomic E-state index is 12.5. The summed E-state index contributed by atoms with van der Waals surface area (Å²) in [6, 6.07) is 0. The van der Waals surface area contributed by atoms with Crippen molar-refractivity contribution in [3.8, 4) is 0 Å². The predicted octanol–water partition coefficient (Wildman–Crippen LogP) is 2.86. The van der Waals surface area contributed by atoms with Gasteiger partial charge in [-0.25, -0.2) is 0 Å². The summed E-state index contributed by atoms with van der Waals surface area (Å²) >= 11 is 0. The van der Waals surface area contributed by atoms with Gasteiger partial charge in [0.15, 0.2) is 0 Å². The van der Waals surface area contributed by atoms with Gasteiger partial charge in [-0.1, -0.05) is 25.3 Å². The van der Waals surface area contributed by atoms with Gasteiger partial charge in [0.25, 0.3) is 0 Å². The average Bonchev–Trinajstić information content (AvgIpc) is 2.38. The van der Waals surface area contributed by atoms with E-state index in [0.717, 1.165) is 37.0 Å². The first-order chi connectivity index (χ1) is 9.32. The van der Waals surface area contributed by atoms with Crippen LogP contribution in [0.15, 0.2) is 12.7 Å². The summed E-state index contributed by atoms with van der Waals surface area (Å²) in [4.78, 5) is 13.0. The standard InChI is InChI=1S/C14H23F3N2O/c1-2-8-19(11-14(15,16)17)12(20)9-13(10-18)6-4-3-5-7-13/h2H,1,3-11,18H2. The summed E-state index contributed by atoms with van der Waals surface area (Å²) in [7, 11) is 0. The number of amides is 1. The van der Waals surface area contributed by atoms with Crippen molar-refractivity contribution in [3.05, 3.63) is 12.7 Å². The lowest BCUT2D eigenvalue weighted by atomic mass is 9.71. The van der Waals surface area contributed by atoms with E-state index in [2.05, 4.69) is 6.58 Å². The average molecular weight is 292 g/mol. The Morgan fingerprint density at radius 2 is 1.90 bits per heavy atom. The van der Waals surface area contributed by atoms with E-state index in [9.17, 15) is 18.0 Å². The third-order valence-corrected chi connectivity index (χ3v) is 3.95. The highest BCUT2D eigenvalue weighted by Gasteiger charge is 2.37. The topological polar surface area (TPSA) is 46.3 Å². The molecule has 1 aliphatic carbocycles. The summed E-state index contributed by atoms with van der Waals surface area (Å²) in [5.74, 6) is -0.477. The summed E-state index contributed by atoms with van der Waals surface area (Å²) in [6.45, 7) is 2.46. The number of carbonyl (C=O) groups excluding carboxylic acids is 1. The lowest BCUT2D eigenvalue weighted by molar-refractivity contribution is -0.161. The van der Waals surface area contributed by atoms with Gasteiger partial charge in [-0.05, 0) is 24.8 Å². The van der Waals surface area contributed by atoms with Crippen molar-refractivity contribution in [1.29, 1.82) is 0 Å². The third-order valence-electron chi connectivity index (χ3n) is 3.95. The maximum atomic E-state index is 12.5. The van der Waals surface area contributed by atoms with Crippen molar-refractivity contribution in [3.63, 3.8) is 0 Å². The lowest BCUT2D eigenvalue weighted by Gasteiger charge is -2.37. The van der Waals surface area contributed by atoms with Gasteiger partial charge in [-0.3, -0.25) is 4.79 Å². The summed E-state index contributed by atoms with van der Waals surface area (Å²) in [5, 5.41) is 0. The summed E-state index contributed by atoms with van der Waals surface area (Å²) in [6.07, 6.45) is 1.77. The molecule has 0 radical (unpaired) electrons. The van der Waals surface area contributed by atoms with Crippen molar-refractivity contribution in [2.24, 2.45) is 11.1 Å². The molecule has 1 rings (SSSR count). The largest absolute Gasteiger partial charge is 0.406 e. The molecule has 0 bridgehead atoms. The molecule has 0 aromatic rings. The van der Waals surface area contributed by atoms with E-state index in [0.29, 0.717) is 6.54 Å². The minimum Gasteiger partial charge on any atom is -0.330 e. The monoisotopic (exact) mass is 292 g/mol. The van der Waals surface area contributed by atoms with E-state index in [-0.39, 0.29) is 18.4 Å². The van der Waals surface area contributed by atoms with E-state index in [1.54, 1.807) is 0 Å². The molecule has 0 aromatic carbocycles. The van der Waals surface area contributed by atoms with Crippen LogP contribution in [0.4, 0.5) is 13.2 Å². The van der Waals surface area contributed by atoms with Crippen molar-refractivity contribution < 1.29 is 18.0 Å². The number of nitrogens with zero attached hydrogens (tertiary/aromatic N) is 1. The predicted molar refractivity (Wildman–Crippen MR) is 72.0 cm³/mol. The minimum atomic E-state index is -4.39. The van der Waals surface area contributed by atoms with Crippen molar-refractivity contribution in [1.82, 2.24) is 4.90 Å². The molecule has 0 spiro atoms. The molecule has 3 nitrogen and oxygen atoms in total. The molecule has 20 heavy (non-hydrogen) atoms. The van der Waals surface area contributed by atoms with Gasteiger partial charge < -0.3 is 10.6 Å². The summed E-state index contributed by atoms with van der Waals surface area (Å²) in [5.41, 5.74) is 5.46. The van der Waals surface area contributed by atoms with Crippen LogP contribution in [0.25, 0.3) is 0 Å². The Morgan fingerprint density at radius 1 is 1.30 bits per heavy atom. The number of carbonyl (C=O) groups is 1. The molecule has 1 saturated carbocycles. The molecule has 1 fully saturated rings. The Morgan fingerprint density at radius 3 is 2.35 bits per heavy atom. The number of rotatable bonds is 6. The molecule has 2 N–H and O–H groups in total. The lowest BCUT2D eigenvalue weighted by Crippen LogP contribution is -2.44. The smallest absolute Gasteiger partial charge is 0.330 e. The van der Waals surface area contributed by atoms with E-state index < -0.39 is 18.6 Å². The number of hydrogen-bond donors (Lipinski definition) is 1. The minimum absolute atomic E-state index is 0.0843. The van der Waals surface area contributed by atoms with Crippen LogP contribution in [0, 0.1) is 5.41 Å². The Balaban J connectivity index is 2.70. The molecule has 1 amide bonds. The number of nitrogens with two attached hydrogens (primary N) is 1. The molecular formula is C14H23F3N2O. The molecule has 116 valence electrons. The summed E-state index contributed by atoms with van der Waals surface area (Å²) < 4.78 is 37.5. The molecular weight excluding hydrogens is 269 g/mol. The maximum Gasteiger partial charge on any atom is 0.406 e. The van der Waals surface area contributed by atoms with E-state index in [1.807, 2.05) is 0 Å². The zero-order valence-corrected chi connectivity index (χ0v) is 11.7. The van der Waals surface area contributed by atoms with Gasteiger partial charge in [0.05, 0.1) is 0 Å². The first-order valence-corrected chi connectivity index (χ1v) is 6.97. The quantitative estimate of drug-likeness (QED) is 0.765. The van der Waals surface area contributed by atoms with Crippen LogP contribution in [0.2, 0.25) is 0 Å². The molecule has 6 heteroatoms. The van der Waals surface area contributed by atoms with Crippen LogP contribution in [-0.4, -0.2) is 36.6 Å². The number of hydrogen-bond acceptors (Lipinski definition) is 2. The van der Waals surface area contributed by atoms with Gasteiger partial charge >= 0.3 is 6.18 Å². The second-order valence-electron chi connectivity index (χ2n) is 5.62. The van der Waals surface area contributed by atoms with Crippen LogP contribution in [0.1, 0.15) is 38.5 Å². The Bertz CT molecular complexity index is 336. The van der Waals surface area contributed by atoms with E-state index >= 15 is 0 Å². The highest BCUT2D eigenvalue weighted by Crippen LogP contribution is 2.39. The van der Waals surface area contributed by atoms with Crippen molar-refractivity contribution in [2.75, 3.05) is 19.6 Å². The molecule has 0 aromatic heterocycles. The second-order valence-corrected chi connectivity index (χ2v) is 5.62. The SMILES string of the molecule is C=CCN(CC(F)(F)F)C(=O)CC1(CN)CCCCC1. The van der Waals surface area contributed by atoms with Gasteiger partial charge in [-0.15, -0.1) is 6.58 Å². The zero-order chi connectivity index (χ0) is 15.2. The fraction of sp³-hybridized carbons (Fsp3) is 0.786. The van der Waals surface area contributed by atoms with Gasteiger partial charge in [0.1, 0.15) is 6.54 Å². The van der Waals surface area contributed by atoms with Crippen LogP contribution < -0.4 is 5.73 Å². The van der Waals surface area contributed by atoms with Gasteiger partial charge in [-0.2, -0.15) is 13.2 Å². The number of alkyl halides is 3. The number of halogens is 3. The molecule has 1 aliphatic rings. The molecule has 0 aliphatic heterocycles. The fourth-order valence-electron chi connectivity index (χ4n) is 2.81. The molecule has 0 atom stereocenters. The van der Waals surface area contributed by atoms with Crippen molar-refractivity contribution >= 4 is 5.91 Å². The Hall–Kier alpha value is -1.04. The Kier molecular flexibility index (Phi) is 6.05. The molecule has 0 unspecified atom stereocenters. The van der Waals surface area contributed by atoms with Crippen LogP contribution in [0.5, 0.6) is 0 Å². The van der Waals surface area contributed by atoms with E-state index in [1.165, 1.54) is 6.08 Å². The van der Waals surface area contributed by atoms with Crippen LogP contribution >= 0.6 is 0 Å². The third kappa shape index (κ3) is 5.15. The Labute approximate surface area is 118 Å². The van der Waals surface area contributed by atoms with Crippen LogP contribution in [0.3, 0.4) is 0 Å². The first-order valence-electron chi connectivity index (χ1n) is 6.97. The first kappa shape index (κ1) is 17.0. The van der Waals surface area contributed by atoms with Gasteiger partial charge in [0.2, 0.25) is 5.91 Å². The van der Waals surface area contributed by atoms with E-state index in [4.69, 9.17) is 5.73 Å². The highest BCUT2D eigenvalue weighted by atomic mass is 19.4. The molecule has 0 saturated heterocycles. The van der Waals surface area contributed by atoms with Crippen molar-refractivity contribution in [2.45, 2.75) is 44.7 Å². The second kappa shape index (κ2) is 7.11. The van der Waals surface area contributed by atoms with Gasteiger partial charge in [0, 0.05) is 13.0 Å². The zero-order valence-electron chi connectivity index (χ0n) is 11.7. The normalized spacial score (nSPS) is 18.6. The fourth-order valence-corrected chi connectivity index (χ4v) is 2.81. The molecule has 0 heterocycles. The van der Waals surface area contributed by atoms with Crippen LogP contribution in [-0.2, 0) is 4.79 Å².